The molecular weight excluding hydrogens is 498 g/mol. The van der Waals surface area contributed by atoms with E-state index in [1.165, 1.54) is 31.4 Å². The van der Waals surface area contributed by atoms with E-state index in [1.807, 2.05) is 0 Å². The van der Waals surface area contributed by atoms with Crippen LogP contribution in [0.3, 0.4) is 0 Å². The molecule has 3 aromatic carbocycles. The van der Waals surface area contributed by atoms with Crippen molar-refractivity contribution in [2.45, 2.75) is 24.1 Å². The van der Waals surface area contributed by atoms with E-state index in [2.05, 4.69) is 10.3 Å². The van der Waals surface area contributed by atoms with Gasteiger partial charge in [0.2, 0.25) is 5.91 Å². The van der Waals surface area contributed by atoms with Crippen LogP contribution in [0.25, 0.3) is 0 Å². The van der Waals surface area contributed by atoms with Gasteiger partial charge in [-0.05, 0) is 47.5 Å². The monoisotopic (exact) mass is 520 g/mol. The summed E-state index contributed by atoms with van der Waals surface area (Å²) >= 11 is 1.16. The molecular formula is C27H22F2N4O3S. The number of hydrogen-bond donors (Lipinski definition) is 1. The molecule has 0 radical (unpaired) electrons. The number of rotatable bonds is 6. The Labute approximate surface area is 216 Å². The van der Waals surface area contributed by atoms with Crippen molar-refractivity contribution in [2.24, 2.45) is 10.1 Å². The first-order valence-electron chi connectivity index (χ1n) is 11.5. The summed E-state index contributed by atoms with van der Waals surface area (Å²) in [6.07, 6.45) is 0.363. The highest BCUT2D eigenvalue weighted by Crippen LogP contribution is 2.38. The fraction of sp³-hybridized carbons (Fsp3) is 0.185. The Morgan fingerprint density at radius 3 is 2.43 bits per heavy atom. The number of benzene rings is 3. The summed E-state index contributed by atoms with van der Waals surface area (Å²) in [5.41, 5.74) is 2.72. The van der Waals surface area contributed by atoms with Gasteiger partial charge in [0.05, 0.1) is 24.6 Å². The smallest absolute Gasteiger partial charge is 0.262 e. The summed E-state index contributed by atoms with van der Waals surface area (Å²) in [5.74, 6) is -0.987. The molecule has 2 aliphatic heterocycles. The fourth-order valence-electron chi connectivity index (χ4n) is 4.17. The molecule has 37 heavy (non-hydrogen) atoms. The highest BCUT2D eigenvalue weighted by atomic mass is 32.2. The van der Waals surface area contributed by atoms with Gasteiger partial charge in [-0.1, -0.05) is 48.2 Å². The standard InChI is InChI=1S/C27H22F2N4O3S/c1-36-23-5-3-2-4-20(23)30-25(34)15-24-26(35)31-27(37-24)33-22(17-8-12-19(29)13-9-17)14-21(32-33)16-6-10-18(28)11-7-16/h2-13,22,24H,14-15H2,1H3,(H,30,34)/t22-,24+/m1/s1. The lowest BCUT2D eigenvalue weighted by Crippen LogP contribution is -2.25. The van der Waals surface area contributed by atoms with Crippen molar-refractivity contribution in [1.29, 1.82) is 0 Å². The summed E-state index contributed by atoms with van der Waals surface area (Å²) in [6, 6.07) is 18.7. The van der Waals surface area contributed by atoms with Crippen LogP contribution in [-0.2, 0) is 9.59 Å². The van der Waals surface area contributed by atoms with Crippen LogP contribution in [0.2, 0.25) is 0 Å². The second kappa shape index (κ2) is 10.5. The molecule has 1 N–H and O–H groups in total. The Bertz CT molecular complexity index is 1390. The minimum atomic E-state index is -0.719. The van der Waals surface area contributed by atoms with Crippen LogP contribution in [0.15, 0.2) is 82.9 Å². The Balaban J connectivity index is 1.35. The van der Waals surface area contributed by atoms with E-state index >= 15 is 0 Å². The largest absolute Gasteiger partial charge is 0.495 e. The van der Waals surface area contributed by atoms with Crippen molar-refractivity contribution >= 4 is 40.1 Å². The zero-order chi connectivity index (χ0) is 25.9. The number of hydrazone groups is 1. The molecule has 0 saturated heterocycles. The summed E-state index contributed by atoms with van der Waals surface area (Å²) in [4.78, 5) is 29.7. The molecule has 0 spiro atoms. The minimum Gasteiger partial charge on any atom is -0.495 e. The van der Waals surface area contributed by atoms with Gasteiger partial charge in [0.1, 0.15) is 22.6 Å². The zero-order valence-electron chi connectivity index (χ0n) is 19.7. The number of amidine groups is 1. The predicted molar refractivity (Wildman–Crippen MR) is 139 cm³/mol. The average Bonchev–Trinajstić information content (AvgIpc) is 3.49. The third kappa shape index (κ3) is 5.39. The number of nitrogens with one attached hydrogen (secondary N) is 1. The van der Waals surface area contributed by atoms with Crippen molar-refractivity contribution in [2.75, 3.05) is 12.4 Å². The van der Waals surface area contributed by atoms with Gasteiger partial charge in [-0.25, -0.2) is 13.8 Å². The molecule has 3 aromatic rings. The van der Waals surface area contributed by atoms with Gasteiger partial charge in [-0.2, -0.15) is 10.1 Å². The van der Waals surface area contributed by atoms with E-state index in [9.17, 15) is 18.4 Å². The fourth-order valence-corrected chi connectivity index (χ4v) is 5.23. The molecule has 2 heterocycles. The zero-order valence-corrected chi connectivity index (χ0v) is 20.5. The topological polar surface area (TPSA) is 83.4 Å². The second-order valence-corrected chi connectivity index (χ2v) is 9.63. The van der Waals surface area contributed by atoms with Crippen molar-refractivity contribution in [3.63, 3.8) is 0 Å². The molecule has 0 saturated carbocycles. The summed E-state index contributed by atoms with van der Waals surface area (Å²) in [6.45, 7) is 0. The number of ether oxygens (including phenoxy) is 1. The van der Waals surface area contributed by atoms with E-state index in [1.54, 1.807) is 53.5 Å². The molecule has 0 aliphatic carbocycles. The maximum absolute atomic E-state index is 13.6. The van der Waals surface area contributed by atoms with E-state index in [-0.39, 0.29) is 30.0 Å². The number of anilines is 1. The number of carbonyl (C=O) groups excluding carboxylic acids is 2. The Hall–Kier alpha value is -4.05. The molecule has 2 atom stereocenters. The number of aliphatic imine (C=N–C) groups is 1. The number of para-hydroxylation sites is 2. The lowest BCUT2D eigenvalue weighted by molar-refractivity contribution is -0.121. The molecule has 0 bridgehead atoms. The predicted octanol–water partition coefficient (Wildman–Crippen LogP) is 5.15. The van der Waals surface area contributed by atoms with Crippen LogP contribution in [0, 0.1) is 11.6 Å². The van der Waals surface area contributed by atoms with Gasteiger partial charge in [0.15, 0.2) is 5.17 Å². The normalized spacial score (nSPS) is 19.0. The Morgan fingerprint density at radius 1 is 1.05 bits per heavy atom. The molecule has 10 heteroatoms. The van der Waals surface area contributed by atoms with Crippen molar-refractivity contribution in [1.82, 2.24) is 5.01 Å². The molecule has 188 valence electrons. The van der Waals surface area contributed by atoms with Crippen molar-refractivity contribution in [3.05, 3.63) is 95.6 Å². The Kier molecular flexibility index (Phi) is 7.00. The summed E-state index contributed by atoms with van der Waals surface area (Å²) in [5, 5.41) is 8.75. The quantitative estimate of drug-likeness (QED) is 0.486. The van der Waals surface area contributed by atoms with E-state index in [0.29, 0.717) is 28.7 Å². The van der Waals surface area contributed by atoms with Gasteiger partial charge in [-0.3, -0.25) is 9.59 Å². The first-order valence-corrected chi connectivity index (χ1v) is 12.4. The number of carbonyl (C=O) groups is 2. The molecule has 0 fully saturated rings. The van der Waals surface area contributed by atoms with Gasteiger partial charge in [0, 0.05) is 12.8 Å². The molecule has 2 amide bonds. The third-order valence-corrected chi connectivity index (χ3v) is 7.16. The number of thioether (sulfide) groups is 1. The molecule has 7 nitrogen and oxygen atoms in total. The van der Waals surface area contributed by atoms with Crippen molar-refractivity contribution < 1.29 is 23.1 Å². The third-order valence-electron chi connectivity index (χ3n) is 6.02. The molecule has 0 aromatic heterocycles. The van der Waals surface area contributed by atoms with Gasteiger partial charge < -0.3 is 10.1 Å². The van der Waals surface area contributed by atoms with Gasteiger partial charge in [-0.15, -0.1) is 0 Å². The highest BCUT2D eigenvalue weighted by Gasteiger charge is 2.39. The van der Waals surface area contributed by atoms with Crippen LogP contribution in [0.1, 0.15) is 30.0 Å². The Morgan fingerprint density at radius 2 is 1.73 bits per heavy atom. The van der Waals surface area contributed by atoms with Crippen LogP contribution >= 0.6 is 11.8 Å². The van der Waals surface area contributed by atoms with Crippen LogP contribution in [-0.4, -0.2) is 40.1 Å². The number of hydrogen-bond acceptors (Lipinski definition) is 6. The van der Waals surface area contributed by atoms with Crippen LogP contribution < -0.4 is 10.1 Å². The first kappa shape index (κ1) is 24.6. The SMILES string of the molecule is COc1ccccc1NC(=O)C[C@@H]1SC(N2N=C(c3ccc(F)cc3)C[C@@H]2c2ccc(F)cc2)=NC1=O. The van der Waals surface area contributed by atoms with Crippen LogP contribution in [0.5, 0.6) is 5.75 Å². The van der Waals surface area contributed by atoms with E-state index in [4.69, 9.17) is 9.84 Å². The summed E-state index contributed by atoms with van der Waals surface area (Å²) < 4.78 is 32.3. The summed E-state index contributed by atoms with van der Waals surface area (Å²) in [7, 11) is 1.51. The lowest BCUT2D eigenvalue weighted by atomic mass is 9.98. The number of nitrogens with zero attached hydrogens (tertiary/aromatic N) is 3. The maximum Gasteiger partial charge on any atom is 0.262 e. The van der Waals surface area contributed by atoms with E-state index < -0.39 is 11.2 Å². The molecule has 5 rings (SSSR count). The second-order valence-electron chi connectivity index (χ2n) is 8.46. The number of amides is 2. The highest BCUT2D eigenvalue weighted by molar-refractivity contribution is 8.15. The van der Waals surface area contributed by atoms with E-state index in [0.717, 1.165) is 22.9 Å². The molecule has 2 aliphatic rings. The van der Waals surface area contributed by atoms with Gasteiger partial charge >= 0.3 is 0 Å². The average molecular weight is 521 g/mol. The van der Waals surface area contributed by atoms with Crippen LogP contribution in [0.4, 0.5) is 14.5 Å². The lowest BCUT2D eigenvalue weighted by Gasteiger charge is -2.23. The minimum absolute atomic E-state index is 0.0852. The number of methoxy groups -OCH3 is 1. The van der Waals surface area contributed by atoms with Gasteiger partial charge in [0.25, 0.3) is 5.91 Å². The van der Waals surface area contributed by atoms with Crippen molar-refractivity contribution in [3.8, 4) is 5.75 Å². The number of halogens is 2. The first-order chi connectivity index (χ1) is 17.9. The molecule has 0 unspecified atom stereocenters. The maximum atomic E-state index is 13.6.